The lowest BCUT2D eigenvalue weighted by Gasteiger charge is -2.15. The van der Waals surface area contributed by atoms with Crippen molar-refractivity contribution in [2.24, 2.45) is 0 Å². The Hall–Kier alpha value is -1.43. The highest BCUT2D eigenvalue weighted by Crippen LogP contribution is 2.15. The van der Waals surface area contributed by atoms with Crippen LogP contribution in [0, 0.1) is 0 Å². The van der Waals surface area contributed by atoms with Gasteiger partial charge in [-0.05, 0) is 19.1 Å². The second-order valence-electron chi connectivity index (χ2n) is 4.70. The van der Waals surface area contributed by atoms with Crippen molar-refractivity contribution >= 4 is 11.0 Å². The molecule has 0 aliphatic rings. The highest BCUT2D eigenvalue weighted by Gasteiger charge is 2.10. The minimum atomic E-state index is 0.0689. The van der Waals surface area contributed by atoms with Crippen LogP contribution in [0.25, 0.3) is 11.0 Å². The molecule has 0 radical (unpaired) electrons. The highest BCUT2D eigenvalue weighted by molar-refractivity contribution is 5.75. The summed E-state index contributed by atoms with van der Waals surface area (Å²) in [6.07, 6.45) is 0.0689. The van der Waals surface area contributed by atoms with Gasteiger partial charge in [0.2, 0.25) is 0 Å². The molecule has 0 aliphatic carbocycles. The van der Waals surface area contributed by atoms with Gasteiger partial charge in [-0.15, -0.1) is 0 Å². The number of para-hydroxylation sites is 2. The van der Waals surface area contributed by atoms with Gasteiger partial charge in [0.15, 0.2) is 0 Å². The first-order valence-corrected chi connectivity index (χ1v) is 6.96. The summed E-state index contributed by atoms with van der Waals surface area (Å²) in [5.41, 5.74) is 2.23. The molecule has 1 unspecified atom stereocenters. The van der Waals surface area contributed by atoms with E-state index in [1.165, 1.54) is 5.52 Å². The maximum atomic E-state index is 5.33. The number of hydrogen-bond acceptors (Lipinski definition) is 4. The lowest BCUT2D eigenvalue weighted by Crippen LogP contribution is -2.32. The molecule has 0 saturated heterocycles. The Bertz CT molecular complexity index is 539. The molecule has 1 N–H and O–H groups in total. The smallest absolute Gasteiger partial charge is 0.123 e. The Labute approximate surface area is 119 Å². The maximum absolute atomic E-state index is 5.33. The minimum absolute atomic E-state index is 0.0689. The van der Waals surface area contributed by atoms with Gasteiger partial charge >= 0.3 is 0 Å². The Kier molecular flexibility index (Phi) is 5.52. The van der Waals surface area contributed by atoms with Crippen molar-refractivity contribution in [2.75, 3.05) is 27.4 Å². The van der Waals surface area contributed by atoms with Gasteiger partial charge in [-0.2, -0.15) is 0 Å². The van der Waals surface area contributed by atoms with Crippen LogP contribution in [0.1, 0.15) is 12.7 Å². The molecule has 1 aromatic heterocycles. The zero-order valence-electron chi connectivity index (χ0n) is 12.4. The Morgan fingerprint density at radius 2 is 2.10 bits per heavy atom. The van der Waals surface area contributed by atoms with Crippen molar-refractivity contribution in [1.82, 2.24) is 14.9 Å². The molecule has 2 rings (SSSR count). The van der Waals surface area contributed by atoms with E-state index in [2.05, 4.69) is 27.9 Å². The van der Waals surface area contributed by atoms with E-state index in [0.717, 1.165) is 31.0 Å². The summed E-state index contributed by atoms with van der Waals surface area (Å²) in [6.45, 7) is 5.13. The fourth-order valence-electron chi connectivity index (χ4n) is 2.35. The lowest BCUT2D eigenvalue weighted by molar-refractivity contribution is 0.0286. The monoisotopic (exact) mass is 277 g/mol. The van der Waals surface area contributed by atoms with Crippen molar-refractivity contribution in [1.29, 1.82) is 0 Å². The molecule has 1 atom stereocenters. The van der Waals surface area contributed by atoms with E-state index in [1.54, 1.807) is 14.2 Å². The predicted octanol–water partition coefficient (Wildman–Crippen LogP) is 1.81. The number of rotatable bonds is 8. The normalized spacial score (nSPS) is 12.9. The zero-order valence-corrected chi connectivity index (χ0v) is 12.4. The molecule has 0 bridgehead atoms. The second kappa shape index (κ2) is 7.38. The molecule has 110 valence electrons. The van der Waals surface area contributed by atoms with Crippen LogP contribution < -0.4 is 5.32 Å². The van der Waals surface area contributed by atoms with Gasteiger partial charge in [-0.25, -0.2) is 4.98 Å². The van der Waals surface area contributed by atoms with E-state index < -0.39 is 0 Å². The third kappa shape index (κ3) is 3.36. The van der Waals surface area contributed by atoms with Crippen LogP contribution in [0.3, 0.4) is 0 Å². The molecule has 2 aromatic rings. The molecule has 0 spiro atoms. The third-order valence-electron chi connectivity index (χ3n) is 3.39. The largest absolute Gasteiger partial charge is 0.382 e. The molecule has 0 aliphatic heterocycles. The quantitative estimate of drug-likeness (QED) is 0.799. The van der Waals surface area contributed by atoms with Crippen LogP contribution >= 0.6 is 0 Å². The molecule has 1 aromatic carbocycles. The number of aryl methyl sites for hydroxylation is 1. The van der Waals surface area contributed by atoms with Gasteiger partial charge in [0.1, 0.15) is 5.82 Å². The van der Waals surface area contributed by atoms with Crippen molar-refractivity contribution in [3.63, 3.8) is 0 Å². The van der Waals surface area contributed by atoms with E-state index in [0.29, 0.717) is 6.61 Å². The number of methoxy groups -OCH3 is 2. The van der Waals surface area contributed by atoms with Crippen LogP contribution in [0.15, 0.2) is 24.3 Å². The van der Waals surface area contributed by atoms with Crippen molar-refractivity contribution in [3.05, 3.63) is 30.1 Å². The summed E-state index contributed by atoms with van der Waals surface area (Å²) >= 11 is 0. The van der Waals surface area contributed by atoms with Crippen molar-refractivity contribution < 1.29 is 9.47 Å². The third-order valence-corrected chi connectivity index (χ3v) is 3.39. The number of ether oxygens (including phenoxy) is 2. The van der Waals surface area contributed by atoms with Crippen LogP contribution in [-0.2, 0) is 22.6 Å². The van der Waals surface area contributed by atoms with Gasteiger partial charge in [0, 0.05) is 27.3 Å². The fraction of sp³-hybridized carbons (Fsp3) is 0.533. The number of benzene rings is 1. The van der Waals surface area contributed by atoms with Crippen molar-refractivity contribution in [3.8, 4) is 0 Å². The number of nitrogens with zero attached hydrogens (tertiary/aromatic N) is 2. The Morgan fingerprint density at radius 1 is 1.30 bits per heavy atom. The lowest BCUT2D eigenvalue weighted by atomic mass is 10.3. The van der Waals surface area contributed by atoms with E-state index in [4.69, 9.17) is 9.47 Å². The molecule has 0 amide bonds. The number of imidazole rings is 1. The number of fused-ring (bicyclic) bond motifs is 1. The zero-order chi connectivity index (χ0) is 14.4. The van der Waals surface area contributed by atoms with Gasteiger partial charge < -0.3 is 19.4 Å². The summed E-state index contributed by atoms with van der Waals surface area (Å²) in [5.74, 6) is 1.06. The fourth-order valence-corrected chi connectivity index (χ4v) is 2.35. The van der Waals surface area contributed by atoms with E-state index in [1.807, 2.05) is 18.2 Å². The summed E-state index contributed by atoms with van der Waals surface area (Å²) in [4.78, 5) is 4.68. The van der Waals surface area contributed by atoms with Gasteiger partial charge in [-0.3, -0.25) is 0 Å². The molecule has 1 heterocycles. The first-order valence-electron chi connectivity index (χ1n) is 6.96. The topological polar surface area (TPSA) is 48.3 Å². The molecule has 5 heteroatoms. The molecular formula is C15H23N3O2. The Balaban J connectivity index is 2.02. The molecule has 5 nitrogen and oxygen atoms in total. The molecule has 0 fully saturated rings. The van der Waals surface area contributed by atoms with Crippen molar-refractivity contribution in [2.45, 2.75) is 26.1 Å². The van der Waals surface area contributed by atoms with E-state index in [9.17, 15) is 0 Å². The molecule has 20 heavy (non-hydrogen) atoms. The maximum Gasteiger partial charge on any atom is 0.123 e. The standard InChI is InChI=1S/C15H23N3O2/c1-4-18-14-8-6-5-7-13(14)17-15(18)10-16-9-12(20-3)11-19-2/h5-8,12,16H,4,9-11H2,1-3H3. The molecule has 0 saturated carbocycles. The minimum Gasteiger partial charge on any atom is -0.382 e. The van der Waals surface area contributed by atoms with Gasteiger partial charge in [0.25, 0.3) is 0 Å². The summed E-state index contributed by atoms with van der Waals surface area (Å²) < 4.78 is 12.7. The predicted molar refractivity (Wildman–Crippen MR) is 79.8 cm³/mol. The second-order valence-corrected chi connectivity index (χ2v) is 4.70. The SMILES string of the molecule is CCn1c(CNCC(COC)OC)nc2ccccc21. The van der Waals surface area contributed by atoms with Crippen LogP contribution in [0.4, 0.5) is 0 Å². The summed E-state index contributed by atoms with van der Waals surface area (Å²) in [7, 11) is 3.38. The van der Waals surface area contributed by atoms with Gasteiger partial charge in [-0.1, -0.05) is 12.1 Å². The van der Waals surface area contributed by atoms with Crippen LogP contribution in [0.5, 0.6) is 0 Å². The number of nitrogens with one attached hydrogen (secondary N) is 1. The number of hydrogen-bond donors (Lipinski definition) is 1. The first kappa shape index (κ1) is 15.0. The average molecular weight is 277 g/mol. The average Bonchev–Trinajstić information content (AvgIpc) is 2.83. The number of aromatic nitrogens is 2. The van der Waals surface area contributed by atoms with E-state index in [-0.39, 0.29) is 6.10 Å². The highest BCUT2D eigenvalue weighted by atomic mass is 16.5. The molecular weight excluding hydrogens is 254 g/mol. The Morgan fingerprint density at radius 3 is 2.80 bits per heavy atom. The summed E-state index contributed by atoms with van der Waals surface area (Å²) in [6, 6.07) is 8.23. The van der Waals surface area contributed by atoms with Crippen LogP contribution in [0.2, 0.25) is 0 Å². The van der Waals surface area contributed by atoms with Crippen LogP contribution in [-0.4, -0.2) is 43.0 Å². The first-order chi connectivity index (χ1) is 9.80. The summed E-state index contributed by atoms with van der Waals surface area (Å²) in [5, 5.41) is 3.38. The van der Waals surface area contributed by atoms with E-state index >= 15 is 0 Å². The van der Waals surface area contributed by atoms with Gasteiger partial charge in [0.05, 0.1) is 30.3 Å².